The van der Waals surface area contributed by atoms with Crippen molar-refractivity contribution in [3.63, 3.8) is 0 Å². The molecule has 2 unspecified atom stereocenters. The van der Waals surface area contributed by atoms with Crippen molar-refractivity contribution >= 4 is 5.97 Å². The topological polar surface area (TPSA) is 47.6 Å². The van der Waals surface area contributed by atoms with Gasteiger partial charge in [-0.3, -0.25) is 4.79 Å². The summed E-state index contributed by atoms with van der Waals surface area (Å²) in [4.78, 5) is 11.5. The molecule has 2 saturated heterocycles. The summed E-state index contributed by atoms with van der Waals surface area (Å²) in [5.41, 5.74) is -0.380. The minimum absolute atomic E-state index is 0.130. The van der Waals surface area contributed by atoms with Crippen LogP contribution in [0.4, 0.5) is 0 Å². The Kier molecular flexibility index (Phi) is 1.81. The van der Waals surface area contributed by atoms with Gasteiger partial charge in [-0.1, -0.05) is 0 Å². The predicted molar refractivity (Wildman–Crippen MR) is 41.6 cm³/mol. The lowest BCUT2D eigenvalue weighted by atomic mass is 9.81. The van der Waals surface area contributed by atoms with Gasteiger partial charge in [0.05, 0.1) is 20.3 Å². The highest BCUT2D eigenvalue weighted by atomic mass is 16.5. The molecule has 0 saturated carbocycles. The highest BCUT2D eigenvalue weighted by Crippen LogP contribution is 2.38. The van der Waals surface area contributed by atoms with Crippen LogP contribution in [0.3, 0.4) is 0 Å². The van der Waals surface area contributed by atoms with E-state index in [-0.39, 0.29) is 11.4 Å². The smallest absolute Gasteiger partial charge is 0.315 e. The Labute approximate surface area is 71.2 Å². The normalized spacial score (nSPS) is 39.6. The van der Waals surface area contributed by atoms with Crippen molar-refractivity contribution < 1.29 is 14.3 Å². The third-order valence-electron chi connectivity index (χ3n) is 2.88. The maximum atomic E-state index is 11.5. The first-order valence-corrected chi connectivity index (χ1v) is 4.16. The predicted octanol–water partition coefficient (Wildman–Crippen LogP) is -0.605. The minimum atomic E-state index is -0.380. The van der Waals surface area contributed by atoms with Crippen LogP contribution < -0.4 is 5.32 Å². The lowest BCUT2D eigenvalue weighted by Gasteiger charge is -2.22. The fourth-order valence-corrected chi connectivity index (χ4v) is 2.08. The van der Waals surface area contributed by atoms with Crippen LogP contribution in [0.1, 0.15) is 0 Å². The van der Waals surface area contributed by atoms with Crippen LogP contribution in [0, 0.1) is 11.3 Å². The summed E-state index contributed by atoms with van der Waals surface area (Å²) >= 11 is 0. The third-order valence-corrected chi connectivity index (χ3v) is 2.88. The van der Waals surface area contributed by atoms with Crippen molar-refractivity contribution in [2.75, 3.05) is 33.4 Å². The molecule has 0 aromatic carbocycles. The van der Waals surface area contributed by atoms with E-state index in [0.29, 0.717) is 25.7 Å². The molecule has 0 bridgehead atoms. The van der Waals surface area contributed by atoms with Crippen LogP contribution in [0.5, 0.6) is 0 Å². The SMILES string of the molecule is COC(=O)C12CNCC1COC2. The number of esters is 1. The molecule has 0 spiro atoms. The molecule has 2 fully saturated rings. The number of carbonyl (C=O) groups is 1. The second-order valence-corrected chi connectivity index (χ2v) is 3.49. The van der Waals surface area contributed by atoms with Gasteiger partial charge in [-0.15, -0.1) is 0 Å². The summed E-state index contributed by atoms with van der Waals surface area (Å²) in [7, 11) is 1.44. The number of ether oxygens (including phenoxy) is 2. The second kappa shape index (κ2) is 2.71. The van der Waals surface area contributed by atoms with Crippen LogP contribution in [0.25, 0.3) is 0 Å². The summed E-state index contributed by atoms with van der Waals surface area (Å²) in [5.74, 6) is 0.181. The molecular weight excluding hydrogens is 158 g/mol. The molecule has 0 radical (unpaired) electrons. The largest absolute Gasteiger partial charge is 0.468 e. The van der Waals surface area contributed by atoms with Crippen LogP contribution in [0.2, 0.25) is 0 Å². The molecule has 2 rings (SSSR count). The number of nitrogens with one attached hydrogen (secondary N) is 1. The molecule has 0 amide bonds. The van der Waals surface area contributed by atoms with Gasteiger partial charge in [0.2, 0.25) is 0 Å². The van der Waals surface area contributed by atoms with E-state index < -0.39 is 0 Å². The van der Waals surface area contributed by atoms with E-state index >= 15 is 0 Å². The Morgan fingerprint density at radius 1 is 1.75 bits per heavy atom. The highest BCUT2D eigenvalue weighted by molar-refractivity contribution is 5.78. The molecule has 4 nitrogen and oxygen atoms in total. The molecule has 2 atom stereocenters. The lowest BCUT2D eigenvalue weighted by Crippen LogP contribution is -2.39. The first-order chi connectivity index (χ1) is 5.79. The van der Waals surface area contributed by atoms with Crippen molar-refractivity contribution in [2.45, 2.75) is 0 Å². The monoisotopic (exact) mass is 171 g/mol. The molecule has 68 valence electrons. The number of hydrogen-bond acceptors (Lipinski definition) is 4. The molecule has 4 heteroatoms. The summed E-state index contributed by atoms with van der Waals surface area (Å²) in [6, 6.07) is 0. The Morgan fingerprint density at radius 3 is 3.33 bits per heavy atom. The fraction of sp³-hybridized carbons (Fsp3) is 0.875. The van der Waals surface area contributed by atoms with E-state index in [2.05, 4.69) is 5.32 Å². The summed E-state index contributed by atoms with van der Waals surface area (Å²) in [6.07, 6.45) is 0. The summed E-state index contributed by atoms with van der Waals surface area (Å²) in [6.45, 7) is 2.76. The van der Waals surface area contributed by atoms with Gasteiger partial charge in [0.1, 0.15) is 5.41 Å². The van der Waals surface area contributed by atoms with Gasteiger partial charge in [-0.2, -0.15) is 0 Å². The number of methoxy groups -OCH3 is 1. The first-order valence-electron chi connectivity index (χ1n) is 4.16. The maximum absolute atomic E-state index is 11.5. The first kappa shape index (κ1) is 8.01. The fourth-order valence-electron chi connectivity index (χ4n) is 2.08. The molecule has 2 aliphatic heterocycles. The lowest BCUT2D eigenvalue weighted by molar-refractivity contribution is -0.152. The van der Waals surface area contributed by atoms with Crippen LogP contribution in [0.15, 0.2) is 0 Å². The number of rotatable bonds is 1. The van der Waals surface area contributed by atoms with Gasteiger partial charge < -0.3 is 14.8 Å². The van der Waals surface area contributed by atoms with E-state index in [0.717, 1.165) is 6.54 Å². The van der Waals surface area contributed by atoms with Crippen LogP contribution in [-0.2, 0) is 14.3 Å². The molecular formula is C8H13NO3. The number of carbonyl (C=O) groups excluding carboxylic acids is 1. The van der Waals surface area contributed by atoms with Crippen LogP contribution >= 0.6 is 0 Å². The average molecular weight is 171 g/mol. The quantitative estimate of drug-likeness (QED) is 0.535. The summed E-state index contributed by atoms with van der Waals surface area (Å²) in [5, 5.41) is 3.20. The zero-order valence-electron chi connectivity index (χ0n) is 7.13. The second-order valence-electron chi connectivity index (χ2n) is 3.49. The number of hydrogen-bond donors (Lipinski definition) is 1. The van der Waals surface area contributed by atoms with E-state index in [1.807, 2.05) is 0 Å². The highest BCUT2D eigenvalue weighted by Gasteiger charge is 2.54. The van der Waals surface area contributed by atoms with E-state index in [4.69, 9.17) is 9.47 Å². The van der Waals surface area contributed by atoms with Crippen LogP contribution in [-0.4, -0.2) is 39.4 Å². The van der Waals surface area contributed by atoms with Gasteiger partial charge in [0.25, 0.3) is 0 Å². The molecule has 0 aromatic heterocycles. The Bertz CT molecular complexity index is 194. The van der Waals surface area contributed by atoms with Gasteiger partial charge in [0, 0.05) is 19.0 Å². The molecule has 0 aromatic rings. The Balaban J connectivity index is 2.21. The van der Waals surface area contributed by atoms with Gasteiger partial charge in [-0.25, -0.2) is 0 Å². The minimum Gasteiger partial charge on any atom is -0.468 e. The standard InChI is InChI=1S/C8H13NO3/c1-11-7(10)8-4-9-2-6(8)3-12-5-8/h6,9H,2-5H2,1H3. The van der Waals surface area contributed by atoms with Gasteiger partial charge >= 0.3 is 5.97 Å². The third kappa shape index (κ3) is 0.881. The molecule has 1 N–H and O–H groups in total. The van der Waals surface area contributed by atoms with Crippen molar-refractivity contribution in [3.8, 4) is 0 Å². The van der Waals surface area contributed by atoms with Crippen molar-refractivity contribution in [3.05, 3.63) is 0 Å². The van der Waals surface area contributed by atoms with E-state index in [1.54, 1.807) is 0 Å². The zero-order chi connectivity index (χ0) is 8.60. The Morgan fingerprint density at radius 2 is 2.58 bits per heavy atom. The molecule has 0 aliphatic carbocycles. The average Bonchev–Trinajstić information content (AvgIpc) is 2.60. The van der Waals surface area contributed by atoms with Crippen molar-refractivity contribution in [1.29, 1.82) is 0 Å². The summed E-state index contributed by atoms with van der Waals surface area (Å²) < 4.78 is 10.1. The van der Waals surface area contributed by atoms with Crippen molar-refractivity contribution in [2.24, 2.45) is 11.3 Å². The molecule has 2 aliphatic rings. The Hall–Kier alpha value is -0.610. The number of fused-ring (bicyclic) bond motifs is 1. The molecule has 2 heterocycles. The maximum Gasteiger partial charge on any atom is 0.315 e. The van der Waals surface area contributed by atoms with Gasteiger partial charge in [0.15, 0.2) is 0 Å². The molecule has 12 heavy (non-hydrogen) atoms. The van der Waals surface area contributed by atoms with E-state index in [9.17, 15) is 4.79 Å². The van der Waals surface area contributed by atoms with Gasteiger partial charge in [-0.05, 0) is 0 Å². The van der Waals surface area contributed by atoms with Crippen molar-refractivity contribution in [1.82, 2.24) is 5.32 Å². The van der Waals surface area contributed by atoms with E-state index in [1.165, 1.54) is 7.11 Å². The zero-order valence-corrected chi connectivity index (χ0v) is 7.13.